The molecule has 2 atom stereocenters. The number of halogens is 1. The Hall–Kier alpha value is -2.11. The number of rotatable bonds is 2. The molecule has 2 amide bonds. The van der Waals surface area contributed by atoms with Crippen molar-refractivity contribution in [1.82, 2.24) is 9.80 Å². The van der Waals surface area contributed by atoms with E-state index in [0.29, 0.717) is 25.1 Å². The van der Waals surface area contributed by atoms with Crippen LogP contribution in [0, 0.1) is 11.7 Å². The first-order valence-electron chi connectivity index (χ1n) is 6.90. The monoisotopic (exact) mass is 294 g/mol. The van der Waals surface area contributed by atoms with Gasteiger partial charge in [-0.15, -0.1) is 0 Å². The molecule has 0 bridgehead atoms. The Morgan fingerprint density at radius 3 is 2.48 bits per heavy atom. The minimum Gasteiger partial charge on any atom is -0.465 e. The Morgan fingerprint density at radius 2 is 1.95 bits per heavy atom. The first-order chi connectivity index (χ1) is 9.90. The van der Waals surface area contributed by atoms with Crippen molar-refractivity contribution in [2.45, 2.75) is 19.4 Å². The van der Waals surface area contributed by atoms with Gasteiger partial charge < -0.3 is 14.9 Å². The zero-order valence-corrected chi connectivity index (χ0v) is 12.1. The summed E-state index contributed by atoms with van der Waals surface area (Å²) in [4.78, 5) is 26.4. The van der Waals surface area contributed by atoms with Gasteiger partial charge in [0.1, 0.15) is 5.82 Å². The van der Waals surface area contributed by atoms with Gasteiger partial charge in [-0.3, -0.25) is 4.79 Å². The van der Waals surface area contributed by atoms with Gasteiger partial charge in [-0.1, -0.05) is 6.92 Å². The van der Waals surface area contributed by atoms with Crippen molar-refractivity contribution in [2.24, 2.45) is 5.92 Å². The lowest BCUT2D eigenvalue weighted by Crippen LogP contribution is -2.51. The van der Waals surface area contributed by atoms with E-state index in [2.05, 4.69) is 0 Å². The zero-order valence-electron chi connectivity index (χ0n) is 12.1. The van der Waals surface area contributed by atoms with Crippen LogP contribution < -0.4 is 0 Å². The molecule has 114 valence electrons. The molecule has 6 heteroatoms. The van der Waals surface area contributed by atoms with Crippen molar-refractivity contribution in [2.75, 3.05) is 20.1 Å². The van der Waals surface area contributed by atoms with Crippen LogP contribution in [0.1, 0.15) is 23.7 Å². The molecule has 1 aliphatic heterocycles. The van der Waals surface area contributed by atoms with Gasteiger partial charge in [-0.2, -0.15) is 0 Å². The van der Waals surface area contributed by atoms with E-state index >= 15 is 0 Å². The zero-order chi connectivity index (χ0) is 15.6. The molecule has 1 aliphatic rings. The number of carbonyl (C=O) groups excluding carboxylic acids is 1. The smallest absolute Gasteiger partial charge is 0.407 e. The van der Waals surface area contributed by atoms with Crippen LogP contribution in [-0.4, -0.2) is 53.1 Å². The average molecular weight is 294 g/mol. The highest BCUT2D eigenvalue weighted by Crippen LogP contribution is 2.22. The molecular formula is C15H19FN2O3. The van der Waals surface area contributed by atoms with Crippen molar-refractivity contribution < 1.29 is 19.1 Å². The third-order valence-electron chi connectivity index (χ3n) is 4.04. The molecule has 1 aromatic rings. The highest BCUT2D eigenvalue weighted by molar-refractivity contribution is 5.94. The van der Waals surface area contributed by atoms with E-state index in [9.17, 15) is 14.0 Å². The number of benzene rings is 1. The molecule has 0 radical (unpaired) electrons. The molecule has 1 saturated heterocycles. The van der Waals surface area contributed by atoms with Gasteiger partial charge in [0.2, 0.25) is 0 Å². The topological polar surface area (TPSA) is 60.9 Å². The number of amides is 2. The molecule has 0 aliphatic carbocycles. The van der Waals surface area contributed by atoms with Gasteiger partial charge in [-0.05, 0) is 36.6 Å². The lowest BCUT2D eigenvalue weighted by Gasteiger charge is -2.40. The van der Waals surface area contributed by atoms with E-state index < -0.39 is 6.09 Å². The summed E-state index contributed by atoms with van der Waals surface area (Å²) in [7, 11) is 1.71. The SMILES string of the molecule is CC1CN(C(=O)O)CCC1N(C)C(=O)c1ccc(F)cc1. The van der Waals surface area contributed by atoms with Crippen LogP contribution in [0.4, 0.5) is 9.18 Å². The summed E-state index contributed by atoms with van der Waals surface area (Å²) in [5.41, 5.74) is 0.437. The lowest BCUT2D eigenvalue weighted by molar-refractivity contribution is 0.0514. The Bertz CT molecular complexity index is 532. The molecule has 5 nitrogen and oxygen atoms in total. The highest BCUT2D eigenvalue weighted by atomic mass is 19.1. The van der Waals surface area contributed by atoms with E-state index in [1.54, 1.807) is 11.9 Å². The molecule has 1 aromatic carbocycles. The number of likely N-dealkylation sites (tertiary alicyclic amines) is 1. The minimum absolute atomic E-state index is 0.0156. The van der Waals surface area contributed by atoms with Gasteiger partial charge in [-0.25, -0.2) is 9.18 Å². The minimum atomic E-state index is -0.923. The van der Waals surface area contributed by atoms with Crippen LogP contribution >= 0.6 is 0 Å². The number of piperidine rings is 1. The standard InChI is InChI=1S/C15H19FN2O3/c1-10-9-18(15(20)21)8-7-13(10)17(2)14(19)11-3-5-12(16)6-4-11/h3-6,10,13H,7-9H2,1-2H3,(H,20,21). The molecule has 1 N–H and O–H groups in total. The number of hydrogen-bond donors (Lipinski definition) is 1. The second-order valence-electron chi connectivity index (χ2n) is 5.48. The number of carboxylic acid groups (broad SMARTS) is 1. The first kappa shape index (κ1) is 15.3. The number of hydrogen-bond acceptors (Lipinski definition) is 2. The van der Waals surface area contributed by atoms with Crippen LogP contribution in [0.25, 0.3) is 0 Å². The van der Waals surface area contributed by atoms with Crippen LogP contribution in [0.2, 0.25) is 0 Å². The van der Waals surface area contributed by atoms with Crippen LogP contribution in [0.3, 0.4) is 0 Å². The molecule has 2 rings (SSSR count). The molecule has 0 spiro atoms. The predicted octanol–water partition coefficient (Wildman–Crippen LogP) is 2.29. The van der Waals surface area contributed by atoms with Crippen molar-refractivity contribution >= 4 is 12.0 Å². The van der Waals surface area contributed by atoms with Gasteiger partial charge in [0.25, 0.3) is 5.91 Å². The third-order valence-corrected chi connectivity index (χ3v) is 4.04. The number of nitrogens with zero attached hydrogens (tertiary/aromatic N) is 2. The van der Waals surface area contributed by atoms with E-state index in [1.807, 2.05) is 6.92 Å². The van der Waals surface area contributed by atoms with Gasteiger partial charge in [0, 0.05) is 31.7 Å². The van der Waals surface area contributed by atoms with Crippen molar-refractivity contribution in [3.05, 3.63) is 35.6 Å². The molecule has 0 saturated carbocycles. The maximum Gasteiger partial charge on any atom is 0.407 e. The second kappa shape index (κ2) is 6.11. The third kappa shape index (κ3) is 3.32. The summed E-state index contributed by atoms with van der Waals surface area (Å²) in [6.07, 6.45) is -0.315. The van der Waals surface area contributed by atoms with E-state index in [1.165, 1.54) is 29.2 Å². The molecule has 1 fully saturated rings. The van der Waals surface area contributed by atoms with Crippen LogP contribution in [0.15, 0.2) is 24.3 Å². The van der Waals surface area contributed by atoms with Crippen LogP contribution in [0.5, 0.6) is 0 Å². The molecule has 21 heavy (non-hydrogen) atoms. The first-order valence-corrected chi connectivity index (χ1v) is 6.90. The lowest BCUT2D eigenvalue weighted by atomic mass is 9.92. The Kier molecular flexibility index (Phi) is 4.45. The van der Waals surface area contributed by atoms with Gasteiger partial charge in [0.15, 0.2) is 0 Å². The summed E-state index contributed by atoms with van der Waals surface area (Å²) < 4.78 is 12.9. The van der Waals surface area contributed by atoms with E-state index in [0.717, 1.165) is 0 Å². The summed E-state index contributed by atoms with van der Waals surface area (Å²) in [6, 6.07) is 5.43. The average Bonchev–Trinajstić information content (AvgIpc) is 2.46. The Balaban J connectivity index is 2.06. The van der Waals surface area contributed by atoms with Crippen molar-refractivity contribution in [3.63, 3.8) is 0 Å². The fourth-order valence-corrected chi connectivity index (χ4v) is 2.83. The van der Waals surface area contributed by atoms with Crippen molar-refractivity contribution in [3.8, 4) is 0 Å². The van der Waals surface area contributed by atoms with Gasteiger partial charge >= 0.3 is 6.09 Å². The summed E-state index contributed by atoms with van der Waals surface area (Å²) in [6.45, 7) is 2.78. The van der Waals surface area contributed by atoms with Gasteiger partial charge in [0.05, 0.1) is 0 Å². The Morgan fingerprint density at radius 1 is 1.33 bits per heavy atom. The van der Waals surface area contributed by atoms with Crippen LogP contribution in [-0.2, 0) is 0 Å². The quantitative estimate of drug-likeness (QED) is 0.910. The van der Waals surface area contributed by atoms with E-state index in [-0.39, 0.29) is 23.7 Å². The second-order valence-corrected chi connectivity index (χ2v) is 5.48. The molecular weight excluding hydrogens is 275 g/mol. The van der Waals surface area contributed by atoms with Crippen molar-refractivity contribution in [1.29, 1.82) is 0 Å². The molecule has 1 heterocycles. The van der Waals surface area contributed by atoms with E-state index in [4.69, 9.17) is 5.11 Å². The highest BCUT2D eigenvalue weighted by Gasteiger charge is 2.33. The summed E-state index contributed by atoms with van der Waals surface area (Å²) in [5.74, 6) is -0.489. The maximum absolute atomic E-state index is 12.9. The summed E-state index contributed by atoms with van der Waals surface area (Å²) >= 11 is 0. The summed E-state index contributed by atoms with van der Waals surface area (Å²) in [5, 5.41) is 9.00. The fourth-order valence-electron chi connectivity index (χ4n) is 2.83. The predicted molar refractivity (Wildman–Crippen MR) is 75.7 cm³/mol. The largest absolute Gasteiger partial charge is 0.465 e. The Labute approximate surface area is 123 Å². The molecule has 0 aromatic heterocycles. The normalized spacial score (nSPS) is 22.0. The number of carbonyl (C=O) groups is 2. The fraction of sp³-hybridized carbons (Fsp3) is 0.467. The maximum atomic E-state index is 12.9. The molecule has 2 unspecified atom stereocenters.